The fourth-order valence-electron chi connectivity index (χ4n) is 4.61. The van der Waals surface area contributed by atoms with Gasteiger partial charge >= 0.3 is 11.9 Å². The van der Waals surface area contributed by atoms with Gasteiger partial charge in [0.2, 0.25) is 5.91 Å². The van der Waals surface area contributed by atoms with Crippen molar-refractivity contribution in [1.29, 1.82) is 0 Å². The summed E-state index contributed by atoms with van der Waals surface area (Å²) in [4.78, 5) is 49.7. The number of aromatic hydroxyl groups is 1. The molecule has 1 aliphatic rings. The Bertz CT molecular complexity index is 1360. The summed E-state index contributed by atoms with van der Waals surface area (Å²) in [5.41, 5.74) is 1.80. The Labute approximate surface area is 243 Å². The van der Waals surface area contributed by atoms with Crippen molar-refractivity contribution >= 4 is 23.5 Å². The molecular weight excluding hydrogens is 546 g/mol. The largest absolute Gasteiger partial charge is 0.508 e. The van der Waals surface area contributed by atoms with E-state index < -0.39 is 22.8 Å². The molecule has 42 heavy (non-hydrogen) atoms. The molecule has 0 aliphatic carbocycles. The number of amides is 1. The number of nitro groups is 1. The van der Waals surface area contributed by atoms with Gasteiger partial charge in [-0.1, -0.05) is 12.1 Å². The van der Waals surface area contributed by atoms with E-state index in [0.717, 1.165) is 5.56 Å². The van der Waals surface area contributed by atoms with Gasteiger partial charge < -0.3 is 30.0 Å². The predicted molar refractivity (Wildman–Crippen MR) is 153 cm³/mol. The van der Waals surface area contributed by atoms with Gasteiger partial charge in [0.1, 0.15) is 11.5 Å². The van der Waals surface area contributed by atoms with Gasteiger partial charge in [0.15, 0.2) is 0 Å². The van der Waals surface area contributed by atoms with Gasteiger partial charge in [-0.05, 0) is 57.9 Å². The number of nitrogens with one attached hydrogen (secondary N) is 2. The first-order chi connectivity index (χ1) is 20.1. The first kappa shape index (κ1) is 31.7. The maximum Gasteiger partial charge on any atom is 0.336 e. The molecule has 0 bridgehead atoms. The number of carbonyl (C=O) groups excluding carboxylic acids is 3. The molecule has 224 valence electrons. The summed E-state index contributed by atoms with van der Waals surface area (Å²) in [7, 11) is 0. The number of ether oxygens (including phenoxy) is 3. The number of rotatable bonds is 13. The SMILES string of the molecule is CCOC(=O)C1=C(C)NC(C)=C(C(=O)OCC)C1c1cc([N+](=O)[O-])ccc1OCCCNC(=O)Cc1ccc(O)cc1. The molecule has 12 nitrogen and oxygen atoms in total. The van der Waals surface area contributed by atoms with Crippen LogP contribution in [-0.4, -0.2) is 54.2 Å². The topological polar surface area (TPSA) is 166 Å². The van der Waals surface area contributed by atoms with Crippen LogP contribution in [0.1, 0.15) is 51.2 Å². The third kappa shape index (κ3) is 7.87. The smallest absolute Gasteiger partial charge is 0.336 e. The van der Waals surface area contributed by atoms with Crippen LogP contribution in [-0.2, 0) is 30.3 Å². The number of dihydropyridines is 1. The zero-order chi connectivity index (χ0) is 30.8. The van der Waals surface area contributed by atoms with Crippen molar-refractivity contribution in [2.24, 2.45) is 0 Å². The van der Waals surface area contributed by atoms with E-state index in [1.807, 2.05) is 0 Å². The number of benzene rings is 2. The van der Waals surface area contributed by atoms with Crippen LogP contribution >= 0.6 is 0 Å². The quantitative estimate of drug-likeness (QED) is 0.137. The zero-order valence-corrected chi connectivity index (χ0v) is 24.0. The molecule has 0 unspecified atom stereocenters. The summed E-state index contributed by atoms with van der Waals surface area (Å²) in [6, 6.07) is 10.3. The van der Waals surface area contributed by atoms with Crippen LogP contribution in [0.25, 0.3) is 0 Å². The molecule has 0 saturated heterocycles. The normalized spacial score (nSPS) is 13.3. The molecule has 0 saturated carbocycles. The number of esters is 2. The second kappa shape index (κ2) is 14.7. The number of nitrogens with zero attached hydrogens (tertiary/aromatic N) is 1. The molecule has 3 N–H and O–H groups in total. The van der Waals surface area contributed by atoms with Crippen molar-refractivity contribution in [2.75, 3.05) is 26.4 Å². The van der Waals surface area contributed by atoms with Crippen molar-refractivity contribution in [3.05, 3.63) is 86.2 Å². The summed E-state index contributed by atoms with van der Waals surface area (Å²) in [6.07, 6.45) is 0.553. The Hall–Kier alpha value is -4.87. The fourth-order valence-corrected chi connectivity index (χ4v) is 4.61. The highest BCUT2D eigenvalue weighted by atomic mass is 16.6. The molecular formula is C30H35N3O9. The number of allylic oxidation sites excluding steroid dienone is 2. The van der Waals surface area contributed by atoms with E-state index in [9.17, 15) is 29.6 Å². The minimum Gasteiger partial charge on any atom is -0.508 e. The Balaban J connectivity index is 1.87. The van der Waals surface area contributed by atoms with Crippen molar-refractivity contribution in [3.8, 4) is 11.5 Å². The van der Waals surface area contributed by atoms with Gasteiger partial charge in [-0.2, -0.15) is 0 Å². The Morgan fingerprint density at radius 3 is 2.12 bits per heavy atom. The molecule has 1 amide bonds. The van der Waals surface area contributed by atoms with E-state index in [1.54, 1.807) is 39.8 Å². The molecule has 0 radical (unpaired) electrons. The lowest BCUT2D eigenvalue weighted by Crippen LogP contribution is -2.33. The van der Waals surface area contributed by atoms with Crippen LogP contribution in [0.2, 0.25) is 0 Å². The lowest BCUT2D eigenvalue weighted by molar-refractivity contribution is -0.384. The van der Waals surface area contributed by atoms with Crippen LogP contribution in [0, 0.1) is 10.1 Å². The van der Waals surface area contributed by atoms with E-state index in [1.165, 1.54) is 30.3 Å². The minimum absolute atomic E-state index is 0.0799. The van der Waals surface area contributed by atoms with Crippen molar-refractivity contribution in [1.82, 2.24) is 10.6 Å². The Morgan fingerprint density at radius 2 is 1.57 bits per heavy atom. The van der Waals surface area contributed by atoms with Gasteiger partial charge in [0.05, 0.1) is 48.2 Å². The molecule has 1 heterocycles. The summed E-state index contributed by atoms with van der Waals surface area (Å²) in [6.45, 7) is 7.20. The van der Waals surface area contributed by atoms with Crippen molar-refractivity contribution < 1.29 is 38.6 Å². The molecule has 2 aromatic carbocycles. The molecule has 0 fully saturated rings. The first-order valence-electron chi connectivity index (χ1n) is 13.6. The van der Waals surface area contributed by atoms with E-state index >= 15 is 0 Å². The van der Waals surface area contributed by atoms with E-state index in [-0.39, 0.29) is 66.0 Å². The molecule has 3 rings (SSSR count). The summed E-state index contributed by atoms with van der Waals surface area (Å²) in [5.74, 6) is -2.29. The average molecular weight is 582 g/mol. The number of hydrogen-bond acceptors (Lipinski definition) is 10. The lowest BCUT2D eigenvalue weighted by atomic mass is 9.79. The number of hydrogen-bond donors (Lipinski definition) is 3. The number of phenols is 1. The average Bonchev–Trinajstić information content (AvgIpc) is 2.93. The first-order valence-corrected chi connectivity index (χ1v) is 13.6. The third-order valence-electron chi connectivity index (χ3n) is 6.47. The van der Waals surface area contributed by atoms with Gasteiger partial charge in [0, 0.05) is 35.6 Å². The number of non-ortho nitro benzene ring substituents is 1. The van der Waals surface area contributed by atoms with E-state index in [2.05, 4.69) is 10.6 Å². The Kier molecular flexibility index (Phi) is 11.1. The summed E-state index contributed by atoms with van der Waals surface area (Å²) in [5, 5.41) is 26.9. The predicted octanol–water partition coefficient (Wildman–Crippen LogP) is 3.79. The standard InChI is InChI=1S/C30H35N3O9/c1-5-40-29(36)26-18(3)32-19(4)27(30(37)41-6-2)28(26)23-17-21(33(38)39)10-13-24(23)42-15-7-14-31-25(35)16-20-8-11-22(34)12-9-20/h8-13,17,28,32,34H,5-7,14-16H2,1-4H3,(H,31,35). The summed E-state index contributed by atoms with van der Waals surface area (Å²) >= 11 is 0. The maximum atomic E-state index is 13.1. The molecule has 0 spiro atoms. The van der Waals surface area contributed by atoms with E-state index in [4.69, 9.17) is 14.2 Å². The monoisotopic (exact) mass is 581 g/mol. The molecule has 1 aliphatic heterocycles. The third-order valence-corrected chi connectivity index (χ3v) is 6.47. The lowest BCUT2D eigenvalue weighted by Gasteiger charge is -2.31. The molecule has 12 heteroatoms. The summed E-state index contributed by atoms with van der Waals surface area (Å²) < 4.78 is 16.6. The molecule has 0 aromatic heterocycles. The fraction of sp³-hybridized carbons (Fsp3) is 0.367. The van der Waals surface area contributed by atoms with Crippen LogP contribution in [0.4, 0.5) is 5.69 Å². The van der Waals surface area contributed by atoms with Gasteiger partial charge in [-0.25, -0.2) is 9.59 Å². The van der Waals surface area contributed by atoms with Crippen LogP contribution in [0.3, 0.4) is 0 Å². The highest BCUT2D eigenvalue weighted by Gasteiger charge is 2.40. The van der Waals surface area contributed by atoms with Crippen LogP contribution in [0.5, 0.6) is 11.5 Å². The van der Waals surface area contributed by atoms with Crippen molar-refractivity contribution in [2.45, 2.75) is 46.5 Å². The number of nitro benzene ring substituents is 1. The zero-order valence-electron chi connectivity index (χ0n) is 24.0. The second-order valence-corrected chi connectivity index (χ2v) is 9.45. The van der Waals surface area contributed by atoms with Gasteiger partial charge in [-0.15, -0.1) is 0 Å². The molecule has 2 aromatic rings. The second-order valence-electron chi connectivity index (χ2n) is 9.45. The highest BCUT2D eigenvalue weighted by Crippen LogP contribution is 2.44. The highest BCUT2D eigenvalue weighted by molar-refractivity contribution is 6.00. The maximum absolute atomic E-state index is 13.1. The number of carbonyl (C=O) groups is 3. The van der Waals surface area contributed by atoms with Gasteiger partial charge in [0.25, 0.3) is 5.69 Å². The minimum atomic E-state index is -1.07. The van der Waals surface area contributed by atoms with Crippen LogP contribution in [0.15, 0.2) is 65.0 Å². The van der Waals surface area contributed by atoms with Crippen molar-refractivity contribution in [3.63, 3.8) is 0 Å². The number of phenolic OH excluding ortho intramolecular Hbond substituents is 1. The van der Waals surface area contributed by atoms with E-state index in [0.29, 0.717) is 24.4 Å². The van der Waals surface area contributed by atoms with Gasteiger partial charge in [-0.3, -0.25) is 14.9 Å². The Morgan fingerprint density at radius 1 is 0.976 bits per heavy atom. The molecule has 0 atom stereocenters. The van der Waals surface area contributed by atoms with Crippen LogP contribution < -0.4 is 15.4 Å².